The minimum absolute atomic E-state index is 0.439. The molecule has 0 atom stereocenters. The quantitative estimate of drug-likeness (QED) is 0.764. The second kappa shape index (κ2) is 6.62. The maximum atomic E-state index is 9.26. The van der Waals surface area contributed by atoms with Crippen molar-refractivity contribution in [3.05, 3.63) is 59.4 Å². The van der Waals surface area contributed by atoms with Crippen LogP contribution >= 0.6 is 0 Å². The van der Waals surface area contributed by atoms with Gasteiger partial charge in [0.25, 0.3) is 0 Å². The number of nitrogens with two attached hydrogens (primary N) is 1. The zero-order valence-electron chi connectivity index (χ0n) is 14.5. The molecule has 1 fully saturated rings. The predicted octanol–water partition coefficient (Wildman–Crippen LogP) is 3.48. The van der Waals surface area contributed by atoms with Crippen molar-refractivity contribution in [3.63, 3.8) is 0 Å². The summed E-state index contributed by atoms with van der Waals surface area (Å²) in [5.41, 5.74) is 9.90. The Morgan fingerprint density at radius 2 is 2.12 bits per heavy atom. The van der Waals surface area contributed by atoms with Crippen molar-refractivity contribution in [2.75, 3.05) is 0 Å². The van der Waals surface area contributed by atoms with Crippen molar-refractivity contribution < 1.29 is 4.74 Å². The molecular weight excluding hydrogens is 326 g/mol. The van der Waals surface area contributed by atoms with Gasteiger partial charge < -0.3 is 10.5 Å². The maximum absolute atomic E-state index is 9.26. The molecule has 0 radical (unpaired) electrons. The molecule has 0 bridgehead atoms. The lowest BCUT2D eigenvalue weighted by atomic mass is 10.1. The number of benzene rings is 1. The summed E-state index contributed by atoms with van der Waals surface area (Å²) >= 11 is 0. The molecule has 1 saturated carbocycles. The largest absolute Gasteiger partial charge is 0.439 e. The van der Waals surface area contributed by atoms with Crippen molar-refractivity contribution in [3.8, 4) is 29.0 Å². The van der Waals surface area contributed by atoms with Gasteiger partial charge in [0.15, 0.2) is 0 Å². The molecule has 3 aromatic rings. The molecule has 0 unspecified atom stereocenters. The molecule has 1 aromatic carbocycles. The third kappa shape index (κ3) is 3.17. The van der Waals surface area contributed by atoms with Crippen LogP contribution in [0.5, 0.6) is 11.6 Å². The van der Waals surface area contributed by atoms with Gasteiger partial charge in [-0.2, -0.15) is 10.4 Å². The van der Waals surface area contributed by atoms with E-state index in [4.69, 9.17) is 10.5 Å². The number of aromatic nitrogens is 3. The van der Waals surface area contributed by atoms with Gasteiger partial charge >= 0.3 is 0 Å². The van der Waals surface area contributed by atoms with E-state index in [1.807, 2.05) is 31.3 Å². The second-order valence-corrected chi connectivity index (χ2v) is 6.48. The van der Waals surface area contributed by atoms with Crippen LogP contribution < -0.4 is 10.5 Å². The third-order valence-corrected chi connectivity index (χ3v) is 4.51. The zero-order chi connectivity index (χ0) is 18.1. The molecule has 130 valence electrons. The van der Waals surface area contributed by atoms with E-state index in [1.54, 1.807) is 23.0 Å². The number of nitriles is 1. The van der Waals surface area contributed by atoms with E-state index in [0.29, 0.717) is 29.7 Å². The number of pyridine rings is 1. The number of ether oxygens (including phenoxy) is 1. The first-order valence-electron chi connectivity index (χ1n) is 8.59. The van der Waals surface area contributed by atoms with Crippen LogP contribution in [0.2, 0.25) is 0 Å². The van der Waals surface area contributed by atoms with Gasteiger partial charge in [-0.1, -0.05) is 0 Å². The summed E-state index contributed by atoms with van der Waals surface area (Å²) in [7, 11) is 1.86. The van der Waals surface area contributed by atoms with Gasteiger partial charge in [-0.15, -0.1) is 0 Å². The van der Waals surface area contributed by atoms with Crippen molar-refractivity contribution in [2.45, 2.75) is 25.3 Å². The summed E-state index contributed by atoms with van der Waals surface area (Å²) in [6.07, 6.45) is 4.09. The Bertz CT molecular complexity index is 998. The van der Waals surface area contributed by atoms with E-state index < -0.39 is 0 Å². The lowest BCUT2D eigenvalue weighted by molar-refractivity contribution is 0.431. The molecule has 26 heavy (non-hydrogen) atoms. The van der Waals surface area contributed by atoms with Crippen LogP contribution in [0.1, 0.15) is 35.6 Å². The molecule has 2 aromatic heterocycles. The van der Waals surface area contributed by atoms with Gasteiger partial charge in [0, 0.05) is 37.3 Å². The first-order chi connectivity index (χ1) is 12.7. The molecule has 0 aliphatic heterocycles. The minimum Gasteiger partial charge on any atom is -0.439 e. The lowest BCUT2D eigenvalue weighted by Gasteiger charge is -2.12. The van der Waals surface area contributed by atoms with Gasteiger partial charge in [0.2, 0.25) is 5.88 Å². The highest BCUT2D eigenvalue weighted by molar-refractivity contribution is 5.69. The summed E-state index contributed by atoms with van der Waals surface area (Å²) < 4.78 is 7.88. The van der Waals surface area contributed by atoms with Crippen LogP contribution in [0.4, 0.5) is 0 Å². The van der Waals surface area contributed by atoms with E-state index in [9.17, 15) is 5.26 Å². The van der Waals surface area contributed by atoms with Gasteiger partial charge in [-0.25, -0.2) is 4.68 Å². The molecule has 0 saturated heterocycles. The standard InChI is InChI=1S/C20H19N5O/c1-25-20(10-17(24-25)15-3-4-15)26-19-9-13(11-21)2-5-16(19)18-8-14(12-22)6-7-23-18/h2,5-10,15H,3-4,12,22H2,1H3. The minimum atomic E-state index is 0.439. The highest BCUT2D eigenvalue weighted by Crippen LogP contribution is 2.41. The molecular formula is C20H19N5O. The van der Waals surface area contributed by atoms with Crippen LogP contribution in [0, 0.1) is 11.3 Å². The molecule has 1 aliphatic rings. The Hall–Kier alpha value is -3.17. The fourth-order valence-corrected chi connectivity index (χ4v) is 2.89. The lowest BCUT2D eigenvalue weighted by Crippen LogP contribution is -1.99. The average molecular weight is 345 g/mol. The SMILES string of the molecule is Cn1nc(C2CC2)cc1Oc1cc(C#N)ccc1-c1cc(CN)ccn1. The van der Waals surface area contributed by atoms with Crippen LogP contribution in [0.15, 0.2) is 42.6 Å². The number of rotatable bonds is 5. The highest BCUT2D eigenvalue weighted by Gasteiger charge is 2.27. The Morgan fingerprint density at radius 1 is 1.27 bits per heavy atom. The van der Waals surface area contributed by atoms with Crippen LogP contribution in [0.3, 0.4) is 0 Å². The van der Waals surface area contributed by atoms with Crippen LogP contribution in [-0.4, -0.2) is 14.8 Å². The Balaban J connectivity index is 1.75. The van der Waals surface area contributed by atoms with Gasteiger partial charge in [0.05, 0.1) is 23.0 Å². The van der Waals surface area contributed by atoms with E-state index in [0.717, 1.165) is 22.5 Å². The number of hydrogen-bond donors (Lipinski definition) is 1. The fourth-order valence-electron chi connectivity index (χ4n) is 2.89. The Kier molecular flexibility index (Phi) is 4.15. The Morgan fingerprint density at radius 3 is 2.85 bits per heavy atom. The predicted molar refractivity (Wildman–Crippen MR) is 97.5 cm³/mol. The molecule has 0 spiro atoms. The average Bonchev–Trinajstić information content (AvgIpc) is 3.46. The molecule has 2 N–H and O–H groups in total. The smallest absolute Gasteiger partial charge is 0.217 e. The first kappa shape index (κ1) is 16.3. The monoisotopic (exact) mass is 345 g/mol. The van der Waals surface area contributed by atoms with E-state index >= 15 is 0 Å². The van der Waals surface area contributed by atoms with E-state index in [-0.39, 0.29) is 0 Å². The zero-order valence-corrected chi connectivity index (χ0v) is 14.5. The van der Waals surface area contributed by atoms with Crippen molar-refractivity contribution in [1.29, 1.82) is 5.26 Å². The summed E-state index contributed by atoms with van der Waals surface area (Å²) in [5, 5.41) is 13.8. The summed E-state index contributed by atoms with van der Waals surface area (Å²) in [6, 6.07) is 13.3. The van der Waals surface area contributed by atoms with Crippen LogP contribution in [0.25, 0.3) is 11.3 Å². The Labute approximate surface area is 151 Å². The van der Waals surface area contributed by atoms with Gasteiger partial charge in [-0.05, 0) is 48.7 Å². The summed E-state index contributed by atoms with van der Waals surface area (Å²) in [6.45, 7) is 0.439. The molecule has 6 heteroatoms. The van der Waals surface area contributed by atoms with Crippen molar-refractivity contribution in [1.82, 2.24) is 14.8 Å². The molecule has 2 heterocycles. The molecule has 6 nitrogen and oxygen atoms in total. The second-order valence-electron chi connectivity index (χ2n) is 6.48. The van der Waals surface area contributed by atoms with Crippen LogP contribution in [-0.2, 0) is 13.6 Å². The fraction of sp³-hybridized carbons (Fsp3) is 0.250. The molecule has 1 aliphatic carbocycles. The summed E-state index contributed by atoms with van der Waals surface area (Å²) in [4.78, 5) is 4.44. The topological polar surface area (TPSA) is 89.8 Å². The van der Waals surface area contributed by atoms with E-state index in [1.165, 1.54) is 12.8 Å². The molecule has 0 amide bonds. The number of hydrogen-bond acceptors (Lipinski definition) is 5. The first-order valence-corrected chi connectivity index (χ1v) is 8.59. The van der Waals surface area contributed by atoms with E-state index in [2.05, 4.69) is 16.2 Å². The number of nitrogens with zero attached hydrogens (tertiary/aromatic N) is 4. The number of aryl methyl sites for hydroxylation is 1. The third-order valence-electron chi connectivity index (χ3n) is 4.51. The highest BCUT2D eigenvalue weighted by atomic mass is 16.5. The van der Waals surface area contributed by atoms with Gasteiger partial charge in [-0.3, -0.25) is 4.98 Å². The normalized spacial score (nSPS) is 13.4. The molecule has 4 rings (SSSR count). The van der Waals surface area contributed by atoms with Crippen molar-refractivity contribution in [2.24, 2.45) is 12.8 Å². The van der Waals surface area contributed by atoms with Gasteiger partial charge in [0.1, 0.15) is 5.75 Å². The maximum Gasteiger partial charge on any atom is 0.217 e. The van der Waals surface area contributed by atoms with Crippen molar-refractivity contribution >= 4 is 0 Å². The summed E-state index contributed by atoms with van der Waals surface area (Å²) in [5.74, 6) is 1.78.